The second kappa shape index (κ2) is 6.87. The summed E-state index contributed by atoms with van der Waals surface area (Å²) in [4.78, 5) is 42.9. The largest absolute Gasteiger partial charge is 0.369 e. The molecule has 0 aromatic heterocycles. The molecular weight excluding hydrogens is 344 g/mol. The number of hydrogen-bond acceptors (Lipinski definition) is 4. The molecule has 2 fully saturated rings. The summed E-state index contributed by atoms with van der Waals surface area (Å²) in [5.74, 6) is -0.409. The van der Waals surface area contributed by atoms with Crippen LogP contribution in [0.4, 0.5) is 5.69 Å². The van der Waals surface area contributed by atoms with Gasteiger partial charge < -0.3 is 20.4 Å². The number of amides is 3. The topological polar surface area (TPSA) is 87.0 Å². The maximum absolute atomic E-state index is 12.9. The van der Waals surface area contributed by atoms with Crippen LogP contribution in [-0.4, -0.2) is 60.4 Å². The smallest absolute Gasteiger partial charge is 0.257 e. The zero-order valence-corrected chi connectivity index (χ0v) is 15.7. The Morgan fingerprint density at radius 1 is 1.07 bits per heavy atom. The predicted octanol–water partition coefficient (Wildman–Crippen LogP) is 1.43. The fraction of sp³-hybridized carbons (Fsp3) is 0.550. The number of benzene rings is 1. The minimum Gasteiger partial charge on any atom is -0.369 e. The van der Waals surface area contributed by atoms with Crippen LogP contribution in [-0.2, 0) is 4.79 Å². The lowest BCUT2D eigenvalue weighted by molar-refractivity contribution is -0.123. The van der Waals surface area contributed by atoms with Crippen LogP contribution in [0.5, 0.6) is 0 Å². The van der Waals surface area contributed by atoms with E-state index in [2.05, 4.69) is 4.90 Å². The first kappa shape index (κ1) is 17.8. The number of hydrogen-bond donors (Lipinski definition) is 1. The van der Waals surface area contributed by atoms with Crippen LogP contribution in [0.15, 0.2) is 18.2 Å². The van der Waals surface area contributed by atoms with Crippen molar-refractivity contribution >= 4 is 23.4 Å². The van der Waals surface area contributed by atoms with Crippen LogP contribution in [0.2, 0.25) is 0 Å². The molecular formula is C20H26N4O3. The molecule has 0 saturated carbocycles. The number of carbonyl (C=O) groups is 3. The van der Waals surface area contributed by atoms with Crippen LogP contribution >= 0.6 is 0 Å². The van der Waals surface area contributed by atoms with E-state index in [1.54, 1.807) is 17.0 Å². The average Bonchev–Trinajstić information content (AvgIpc) is 2.71. The van der Waals surface area contributed by atoms with Crippen molar-refractivity contribution in [2.75, 3.05) is 31.6 Å². The Kier molecular flexibility index (Phi) is 4.53. The van der Waals surface area contributed by atoms with E-state index in [4.69, 9.17) is 5.73 Å². The van der Waals surface area contributed by atoms with Gasteiger partial charge in [0.05, 0.1) is 11.3 Å². The first-order valence-electron chi connectivity index (χ1n) is 9.74. The quantitative estimate of drug-likeness (QED) is 0.853. The molecule has 3 aliphatic rings. The first-order valence-corrected chi connectivity index (χ1v) is 9.74. The fourth-order valence-electron chi connectivity index (χ4n) is 4.56. The van der Waals surface area contributed by atoms with Gasteiger partial charge in [0, 0.05) is 38.2 Å². The lowest BCUT2D eigenvalue weighted by Crippen LogP contribution is -2.55. The fourth-order valence-corrected chi connectivity index (χ4v) is 4.56. The van der Waals surface area contributed by atoms with Gasteiger partial charge in [-0.25, -0.2) is 0 Å². The zero-order chi connectivity index (χ0) is 19.1. The van der Waals surface area contributed by atoms with Gasteiger partial charge in [0.15, 0.2) is 0 Å². The molecule has 0 aliphatic carbocycles. The van der Waals surface area contributed by atoms with E-state index in [1.807, 2.05) is 18.0 Å². The summed E-state index contributed by atoms with van der Waals surface area (Å²) in [6, 6.07) is 5.38. The van der Waals surface area contributed by atoms with Gasteiger partial charge in [-0.1, -0.05) is 0 Å². The molecule has 1 unspecified atom stereocenters. The van der Waals surface area contributed by atoms with E-state index in [0.29, 0.717) is 37.1 Å². The van der Waals surface area contributed by atoms with Gasteiger partial charge >= 0.3 is 0 Å². The number of fused-ring (bicyclic) bond motifs is 2. The van der Waals surface area contributed by atoms with Crippen LogP contribution < -0.4 is 10.6 Å². The van der Waals surface area contributed by atoms with Gasteiger partial charge in [-0.3, -0.25) is 14.4 Å². The Labute approximate surface area is 159 Å². The van der Waals surface area contributed by atoms with E-state index in [1.165, 1.54) is 0 Å². The minimum atomic E-state index is -0.284. The normalized spacial score (nSPS) is 23.1. The van der Waals surface area contributed by atoms with Crippen molar-refractivity contribution < 1.29 is 14.4 Å². The third-order valence-corrected chi connectivity index (χ3v) is 6.22. The van der Waals surface area contributed by atoms with Crippen molar-refractivity contribution in [3.8, 4) is 0 Å². The maximum atomic E-state index is 12.9. The number of anilines is 1. The molecule has 27 heavy (non-hydrogen) atoms. The number of primary amides is 1. The number of likely N-dealkylation sites (tertiary alicyclic amines) is 1. The summed E-state index contributed by atoms with van der Waals surface area (Å²) in [5, 5.41) is 0. The van der Waals surface area contributed by atoms with E-state index in [-0.39, 0.29) is 29.8 Å². The van der Waals surface area contributed by atoms with Crippen molar-refractivity contribution in [3.63, 3.8) is 0 Å². The molecule has 0 spiro atoms. The summed E-state index contributed by atoms with van der Waals surface area (Å²) in [7, 11) is 2.00. The monoisotopic (exact) mass is 370 g/mol. The standard InChI is InChI=1S/C20H26N4O3/c1-22-16-12-14(19(26)23-10-7-13(8-11-23)18(21)25)5-6-15(16)20(27)24-9-3-2-4-17(22)24/h5-6,12-13,17H,2-4,7-11H2,1H3,(H2,21,25). The number of rotatable bonds is 2. The van der Waals surface area contributed by atoms with Crippen LogP contribution in [0.25, 0.3) is 0 Å². The lowest BCUT2D eigenvalue weighted by Gasteiger charge is -2.46. The molecule has 2 saturated heterocycles. The first-order chi connectivity index (χ1) is 13.0. The third-order valence-electron chi connectivity index (χ3n) is 6.22. The maximum Gasteiger partial charge on any atom is 0.257 e. The summed E-state index contributed by atoms with van der Waals surface area (Å²) < 4.78 is 0. The van der Waals surface area contributed by atoms with Gasteiger partial charge in [-0.15, -0.1) is 0 Å². The van der Waals surface area contributed by atoms with Crippen molar-refractivity contribution in [3.05, 3.63) is 29.3 Å². The Hall–Kier alpha value is -2.57. The minimum absolute atomic E-state index is 0.0485. The van der Waals surface area contributed by atoms with E-state index in [0.717, 1.165) is 31.5 Å². The highest BCUT2D eigenvalue weighted by Crippen LogP contribution is 2.35. The molecule has 7 heteroatoms. The highest BCUT2D eigenvalue weighted by Gasteiger charge is 2.37. The van der Waals surface area contributed by atoms with Gasteiger partial charge in [-0.2, -0.15) is 0 Å². The molecule has 1 atom stereocenters. The highest BCUT2D eigenvalue weighted by atomic mass is 16.2. The Morgan fingerprint density at radius 3 is 2.52 bits per heavy atom. The van der Waals surface area contributed by atoms with Crippen LogP contribution in [0.1, 0.15) is 52.8 Å². The molecule has 3 aliphatic heterocycles. The van der Waals surface area contributed by atoms with E-state index in [9.17, 15) is 14.4 Å². The third kappa shape index (κ3) is 3.05. The Bertz CT molecular complexity index is 785. The van der Waals surface area contributed by atoms with Gasteiger partial charge in [0.1, 0.15) is 6.17 Å². The number of nitrogens with two attached hydrogens (primary N) is 1. The lowest BCUT2D eigenvalue weighted by atomic mass is 9.95. The SMILES string of the molecule is CN1c2cc(C(=O)N3CCC(C(N)=O)CC3)ccc2C(=O)N2CCCCC21. The average molecular weight is 370 g/mol. The van der Waals surface area contributed by atoms with Crippen molar-refractivity contribution in [2.24, 2.45) is 11.7 Å². The zero-order valence-electron chi connectivity index (χ0n) is 15.7. The van der Waals surface area contributed by atoms with Crippen LogP contribution in [0.3, 0.4) is 0 Å². The summed E-state index contributed by atoms with van der Waals surface area (Å²) in [5.41, 5.74) is 7.47. The second-order valence-corrected chi connectivity index (χ2v) is 7.79. The molecule has 0 bridgehead atoms. The molecule has 3 heterocycles. The van der Waals surface area contributed by atoms with Crippen molar-refractivity contribution in [2.45, 2.75) is 38.3 Å². The molecule has 4 rings (SSSR count). The molecule has 144 valence electrons. The van der Waals surface area contributed by atoms with Crippen molar-refractivity contribution in [1.82, 2.24) is 9.80 Å². The Balaban J connectivity index is 1.56. The van der Waals surface area contributed by atoms with Gasteiger partial charge in [-0.05, 0) is 50.3 Å². The number of piperidine rings is 2. The van der Waals surface area contributed by atoms with Gasteiger partial charge in [0.2, 0.25) is 5.91 Å². The van der Waals surface area contributed by atoms with Crippen molar-refractivity contribution in [1.29, 1.82) is 0 Å². The predicted molar refractivity (Wildman–Crippen MR) is 101 cm³/mol. The molecule has 1 aromatic carbocycles. The summed E-state index contributed by atoms with van der Waals surface area (Å²) in [6.07, 6.45) is 4.42. The van der Waals surface area contributed by atoms with E-state index >= 15 is 0 Å². The molecule has 2 N–H and O–H groups in total. The molecule has 1 aromatic rings. The summed E-state index contributed by atoms with van der Waals surface area (Å²) >= 11 is 0. The van der Waals surface area contributed by atoms with Gasteiger partial charge in [0.25, 0.3) is 11.8 Å². The summed E-state index contributed by atoms with van der Waals surface area (Å²) in [6.45, 7) is 1.87. The van der Waals surface area contributed by atoms with E-state index < -0.39 is 0 Å². The number of nitrogens with zero attached hydrogens (tertiary/aromatic N) is 3. The number of carbonyl (C=O) groups excluding carboxylic acids is 3. The highest BCUT2D eigenvalue weighted by molar-refractivity contribution is 6.04. The molecule has 0 radical (unpaired) electrons. The van der Waals surface area contributed by atoms with Crippen LogP contribution in [0, 0.1) is 5.92 Å². The second-order valence-electron chi connectivity index (χ2n) is 7.79. The Morgan fingerprint density at radius 2 is 1.81 bits per heavy atom. The molecule has 3 amide bonds. The molecule has 7 nitrogen and oxygen atoms in total.